The Bertz CT molecular complexity index is 850. The fraction of sp³-hybridized carbons (Fsp3) is 0.545. The number of oxazole rings is 1. The van der Waals surface area contributed by atoms with Crippen molar-refractivity contribution < 1.29 is 8.81 Å². The minimum absolute atomic E-state index is 0.0901. The van der Waals surface area contributed by atoms with Crippen LogP contribution in [0, 0.1) is 5.82 Å². The van der Waals surface area contributed by atoms with Gasteiger partial charge in [-0.2, -0.15) is 0 Å². The molecule has 2 heterocycles. The summed E-state index contributed by atoms with van der Waals surface area (Å²) in [6, 6.07) is 4.67. The Morgan fingerprint density at radius 1 is 1.30 bits per heavy atom. The summed E-state index contributed by atoms with van der Waals surface area (Å²) in [7, 11) is 1.70. The van der Waals surface area contributed by atoms with Crippen molar-refractivity contribution in [3.05, 3.63) is 52.5 Å². The average molecular weight is 436 g/mol. The van der Waals surface area contributed by atoms with E-state index in [4.69, 9.17) is 16.0 Å². The number of benzene rings is 1. The number of guanidine groups is 1. The summed E-state index contributed by atoms with van der Waals surface area (Å²) in [6.07, 6.45) is 3.97. The molecule has 164 valence electrons. The number of hydrogen-bond acceptors (Lipinski definition) is 4. The van der Waals surface area contributed by atoms with Gasteiger partial charge in [-0.1, -0.05) is 38.4 Å². The van der Waals surface area contributed by atoms with E-state index in [1.165, 1.54) is 6.07 Å². The van der Waals surface area contributed by atoms with Crippen LogP contribution in [0.4, 0.5) is 4.39 Å². The molecule has 0 amide bonds. The lowest BCUT2D eigenvalue weighted by Gasteiger charge is -2.29. The third-order valence-corrected chi connectivity index (χ3v) is 5.63. The Labute approximate surface area is 182 Å². The van der Waals surface area contributed by atoms with Crippen LogP contribution in [0.2, 0.25) is 5.02 Å². The van der Waals surface area contributed by atoms with Gasteiger partial charge in [0.1, 0.15) is 11.6 Å². The van der Waals surface area contributed by atoms with Crippen LogP contribution in [0.1, 0.15) is 56.9 Å². The van der Waals surface area contributed by atoms with E-state index in [0.717, 1.165) is 31.7 Å². The zero-order chi connectivity index (χ0) is 21.7. The van der Waals surface area contributed by atoms with Gasteiger partial charge in [0.15, 0.2) is 5.96 Å². The smallest absolute Gasteiger partial charge is 0.213 e. The maximum absolute atomic E-state index is 14.6. The number of hydrogen-bond donors (Lipinski definition) is 2. The van der Waals surface area contributed by atoms with E-state index in [1.54, 1.807) is 25.4 Å². The largest absolute Gasteiger partial charge is 0.443 e. The summed E-state index contributed by atoms with van der Waals surface area (Å²) < 4.78 is 20.4. The van der Waals surface area contributed by atoms with E-state index >= 15 is 0 Å². The van der Waals surface area contributed by atoms with E-state index in [0.29, 0.717) is 35.5 Å². The Balaban J connectivity index is 1.65. The molecule has 0 bridgehead atoms. The third kappa shape index (κ3) is 5.52. The molecule has 3 rings (SSSR count). The van der Waals surface area contributed by atoms with Crippen LogP contribution in [0.5, 0.6) is 0 Å². The minimum atomic E-state index is -0.279. The highest BCUT2D eigenvalue weighted by atomic mass is 35.5. The normalized spacial score (nSPS) is 16.7. The summed E-state index contributed by atoms with van der Waals surface area (Å²) >= 11 is 6.37. The second-order valence-electron chi connectivity index (χ2n) is 8.57. The molecule has 6 nitrogen and oxygen atoms in total. The van der Waals surface area contributed by atoms with Crippen LogP contribution in [-0.4, -0.2) is 42.5 Å². The molecule has 0 saturated carbocycles. The monoisotopic (exact) mass is 435 g/mol. The summed E-state index contributed by atoms with van der Waals surface area (Å²) in [5.41, 5.74) is 0.444. The topological polar surface area (TPSA) is 65.7 Å². The van der Waals surface area contributed by atoms with Crippen LogP contribution in [0.15, 0.2) is 33.8 Å². The quantitative estimate of drug-likeness (QED) is 0.524. The number of aliphatic imine (C=N–C) groups is 1. The zero-order valence-electron chi connectivity index (χ0n) is 18.1. The summed E-state index contributed by atoms with van der Waals surface area (Å²) in [4.78, 5) is 10.9. The molecule has 2 N–H and O–H groups in total. The Hall–Kier alpha value is -2.12. The molecule has 0 aliphatic carbocycles. The highest BCUT2D eigenvalue weighted by Crippen LogP contribution is 2.32. The predicted octanol–water partition coefficient (Wildman–Crippen LogP) is 4.27. The first-order chi connectivity index (χ1) is 14.3. The molecule has 1 fully saturated rings. The fourth-order valence-corrected chi connectivity index (χ4v) is 3.90. The van der Waals surface area contributed by atoms with Crippen molar-refractivity contribution >= 4 is 17.6 Å². The van der Waals surface area contributed by atoms with Gasteiger partial charge in [0, 0.05) is 29.6 Å². The van der Waals surface area contributed by atoms with E-state index in [9.17, 15) is 4.39 Å². The molecule has 1 aliphatic heterocycles. The van der Waals surface area contributed by atoms with Crippen LogP contribution >= 0.6 is 11.6 Å². The molecule has 1 unspecified atom stereocenters. The van der Waals surface area contributed by atoms with Gasteiger partial charge in [-0.15, -0.1) is 0 Å². The van der Waals surface area contributed by atoms with Gasteiger partial charge in [-0.25, -0.2) is 9.37 Å². The molecule has 1 atom stereocenters. The Kier molecular flexibility index (Phi) is 7.36. The molecule has 30 heavy (non-hydrogen) atoms. The van der Waals surface area contributed by atoms with Crippen molar-refractivity contribution in [2.45, 2.75) is 51.6 Å². The molecule has 1 aromatic carbocycles. The highest BCUT2D eigenvalue weighted by Gasteiger charge is 2.28. The standard InChI is InChI=1S/C22H31ClFN5O/c1-22(2,3)18-13-26-19(30-18)14-28-21(25-4)27-12-17(29-10-5-6-11-29)20-15(23)8-7-9-16(20)24/h7-9,13,17H,5-6,10-12,14H2,1-4H3,(H2,25,27,28). The first-order valence-electron chi connectivity index (χ1n) is 10.4. The zero-order valence-corrected chi connectivity index (χ0v) is 18.9. The fourth-order valence-electron chi connectivity index (χ4n) is 3.61. The Morgan fingerprint density at radius 2 is 2.03 bits per heavy atom. The summed E-state index contributed by atoms with van der Waals surface area (Å²) in [6.45, 7) is 8.99. The van der Waals surface area contributed by atoms with Crippen molar-refractivity contribution in [2.24, 2.45) is 4.99 Å². The van der Waals surface area contributed by atoms with Gasteiger partial charge in [-0.05, 0) is 38.1 Å². The van der Waals surface area contributed by atoms with E-state index in [2.05, 4.69) is 46.3 Å². The molecule has 2 aromatic rings. The second kappa shape index (κ2) is 9.79. The SMILES string of the molecule is CN=C(NCc1ncc(C(C)(C)C)o1)NCC(c1c(F)cccc1Cl)N1CCCC1. The van der Waals surface area contributed by atoms with Gasteiger partial charge < -0.3 is 15.1 Å². The maximum atomic E-state index is 14.6. The lowest BCUT2D eigenvalue weighted by atomic mass is 9.94. The minimum Gasteiger partial charge on any atom is -0.443 e. The van der Waals surface area contributed by atoms with Gasteiger partial charge in [0.05, 0.1) is 18.8 Å². The van der Waals surface area contributed by atoms with Crippen LogP contribution in [0.25, 0.3) is 0 Å². The highest BCUT2D eigenvalue weighted by molar-refractivity contribution is 6.31. The summed E-state index contributed by atoms with van der Waals surface area (Å²) in [5.74, 6) is 1.75. The molecule has 0 spiro atoms. The average Bonchev–Trinajstić information content (AvgIpc) is 3.38. The number of halogens is 2. The first kappa shape index (κ1) is 22.6. The van der Waals surface area contributed by atoms with Crippen LogP contribution < -0.4 is 10.6 Å². The number of nitrogens with zero attached hydrogens (tertiary/aromatic N) is 3. The van der Waals surface area contributed by atoms with Gasteiger partial charge >= 0.3 is 0 Å². The molecule has 1 aromatic heterocycles. The predicted molar refractivity (Wildman–Crippen MR) is 118 cm³/mol. The maximum Gasteiger partial charge on any atom is 0.213 e. The van der Waals surface area contributed by atoms with Crippen molar-refractivity contribution in [1.29, 1.82) is 0 Å². The van der Waals surface area contributed by atoms with Crippen LogP contribution in [-0.2, 0) is 12.0 Å². The molecular formula is C22H31ClFN5O. The number of nitrogens with one attached hydrogen (secondary N) is 2. The van der Waals surface area contributed by atoms with Crippen molar-refractivity contribution in [3.8, 4) is 0 Å². The molecule has 1 aliphatic rings. The second-order valence-corrected chi connectivity index (χ2v) is 8.98. The summed E-state index contributed by atoms with van der Waals surface area (Å²) in [5, 5.41) is 6.97. The number of aromatic nitrogens is 1. The Morgan fingerprint density at radius 3 is 2.63 bits per heavy atom. The lowest BCUT2D eigenvalue weighted by molar-refractivity contribution is 0.240. The van der Waals surface area contributed by atoms with E-state index in [1.807, 2.05) is 0 Å². The number of rotatable bonds is 6. The lowest BCUT2D eigenvalue weighted by Crippen LogP contribution is -2.42. The molecule has 0 radical (unpaired) electrons. The van der Waals surface area contributed by atoms with Crippen molar-refractivity contribution in [3.63, 3.8) is 0 Å². The number of likely N-dealkylation sites (tertiary alicyclic amines) is 1. The van der Waals surface area contributed by atoms with E-state index in [-0.39, 0.29) is 17.3 Å². The van der Waals surface area contributed by atoms with E-state index < -0.39 is 0 Å². The molecule has 1 saturated heterocycles. The first-order valence-corrected chi connectivity index (χ1v) is 10.7. The molecular weight excluding hydrogens is 405 g/mol. The van der Waals surface area contributed by atoms with Crippen LogP contribution in [0.3, 0.4) is 0 Å². The molecule has 8 heteroatoms. The third-order valence-electron chi connectivity index (χ3n) is 5.30. The van der Waals surface area contributed by atoms with Crippen molar-refractivity contribution in [1.82, 2.24) is 20.5 Å². The van der Waals surface area contributed by atoms with Gasteiger partial charge in [-0.3, -0.25) is 9.89 Å². The van der Waals surface area contributed by atoms with Gasteiger partial charge in [0.25, 0.3) is 0 Å². The van der Waals surface area contributed by atoms with Crippen molar-refractivity contribution in [2.75, 3.05) is 26.7 Å². The van der Waals surface area contributed by atoms with Gasteiger partial charge in [0.2, 0.25) is 5.89 Å².